The summed E-state index contributed by atoms with van der Waals surface area (Å²) in [5.41, 5.74) is 4.18. The number of ether oxygens (including phenoxy) is 2. The van der Waals surface area contributed by atoms with Gasteiger partial charge in [0.05, 0.1) is 40.9 Å². The van der Waals surface area contributed by atoms with Gasteiger partial charge in [0.1, 0.15) is 11.4 Å². The van der Waals surface area contributed by atoms with Crippen LogP contribution in [0.3, 0.4) is 0 Å². The van der Waals surface area contributed by atoms with E-state index >= 15 is 0 Å². The Balaban J connectivity index is 1.20. The number of methoxy groups -OCH3 is 1. The van der Waals surface area contributed by atoms with Crippen molar-refractivity contribution in [3.05, 3.63) is 94.7 Å². The van der Waals surface area contributed by atoms with Gasteiger partial charge in [-0.05, 0) is 88.4 Å². The van der Waals surface area contributed by atoms with Gasteiger partial charge in [-0.15, -0.1) is 0 Å². The number of rotatable bonds is 13. The van der Waals surface area contributed by atoms with Crippen molar-refractivity contribution < 1.29 is 24.2 Å². The van der Waals surface area contributed by atoms with E-state index in [1.807, 2.05) is 71.6 Å². The fraction of sp³-hybridized carbons (Fsp3) is 0.450. The van der Waals surface area contributed by atoms with Crippen molar-refractivity contribution in [1.29, 1.82) is 0 Å². The second-order valence-electron chi connectivity index (χ2n) is 14.5. The number of aliphatic hydroxyl groups excluding tert-OH is 1. The number of aliphatic hydroxyl groups is 1. The monoisotopic (exact) mass is 710 g/mol. The Morgan fingerprint density at radius 2 is 1.67 bits per heavy atom. The molecule has 1 fully saturated rings. The van der Waals surface area contributed by atoms with Crippen LogP contribution in [0.1, 0.15) is 63.8 Å². The van der Waals surface area contributed by atoms with Gasteiger partial charge in [-0.2, -0.15) is 0 Å². The first kappa shape index (κ1) is 36.8. The van der Waals surface area contributed by atoms with E-state index < -0.39 is 17.7 Å². The summed E-state index contributed by atoms with van der Waals surface area (Å²) in [5.74, 6) is 1.05. The molecule has 0 aliphatic carbocycles. The number of nitrogens with zero attached hydrogens (tertiary/aromatic N) is 5. The second kappa shape index (κ2) is 16.2. The van der Waals surface area contributed by atoms with E-state index in [1.54, 1.807) is 37.0 Å². The minimum absolute atomic E-state index is 0.0346. The topological polar surface area (TPSA) is 133 Å². The molecule has 1 aliphatic rings. The largest absolute Gasteiger partial charge is 0.444 e. The maximum atomic E-state index is 14.0. The van der Waals surface area contributed by atoms with E-state index in [1.165, 1.54) is 0 Å². The number of carbonyl (C=O) groups is 2. The molecule has 6 rings (SSSR count). The Hall–Kier alpha value is -4.94. The third-order valence-corrected chi connectivity index (χ3v) is 9.53. The van der Waals surface area contributed by atoms with Crippen LogP contribution < -0.4 is 11.0 Å². The standard InChI is InChI=1S/C40H50N6O6/c1-40(2,3)52-38(49)41-30(25-28-16-18-31(19-17-28)46-35-15-8-7-14-34(35)45(22-23-47)39(46)50)26-36(48)43-20-9-11-29(27-43)37-42-32-12-5-6-13-33(32)44(37)21-10-24-51-4/h5-8,12-19,29-30,47H,9-11,20-27H2,1-4H3,(H,41,49)/t29-,30-/m1/s1. The lowest BCUT2D eigenvalue weighted by Crippen LogP contribution is -2.46. The molecule has 12 heteroatoms. The second-order valence-corrected chi connectivity index (χ2v) is 14.5. The molecule has 0 radical (unpaired) electrons. The number of likely N-dealkylation sites (tertiary alicyclic amines) is 1. The van der Waals surface area contributed by atoms with Gasteiger partial charge in [0.25, 0.3) is 0 Å². The molecule has 2 atom stereocenters. The summed E-state index contributed by atoms with van der Waals surface area (Å²) in [7, 11) is 1.71. The molecule has 0 unspecified atom stereocenters. The number of benzene rings is 3. The zero-order chi connectivity index (χ0) is 36.8. The van der Waals surface area contributed by atoms with Crippen LogP contribution in [0, 0.1) is 0 Å². The maximum absolute atomic E-state index is 14.0. The number of hydrogen-bond donors (Lipinski definition) is 2. The molecule has 1 saturated heterocycles. The van der Waals surface area contributed by atoms with Crippen LogP contribution in [0.4, 0.5) is 4.79 Å². The van der Waals surface area contributed by atoms with Gasteiger partial charge in [-0.25, -0.2) is 14.6 Å². The van der Waals surface area contributed by atoms with Gasteiger partial charge in [0.15, 0.2) is 0 Å². The SMILES string of the molecule is COCCCn1c([C@@H]2CCCN(C(=O)C[C@@H](Cc3ccc(-n4c(=O)n(CCO)c5ccccc54)cc3)NC(=O)OC(C)(C)C)C2)nc2ccccc21. The summed E-state index contributed by atoms with van der Waals surface area (Å²) in [5, 5.41) is 12.5. The van der Waals surface area contributed by atoms with E-state index in [-0.39, 0.29) is 37.1 Å². The number of fused-ring (bicyclic) bond motifs is 2. The number of para-hydroxylation sites is 4. The van der Waals surface area contributed by atoms with E-state index in [4.69, 9.17) is 14.5 Å². The minimum atomic E-state index is -0.697. The molecule has 52 heavy (non-hydrogen) atoms. The summed E-state index contributed by atoms with van der Waals surface area (Å²) in [6, 6.07) is 22.7. The average molecular weight is 711 g/mol. The van der Waals surface area contributed by atoms with Crippen molar-refractivity contribution in [1.82, 2.24) is 28.9 Å². The number of piperidine rings is 1. The fourth-order valence-corrected chi connectivity index (χ4v) is 7.25. The number of imidazole rings is 2. The Morgan fingerprint density at radius 1 is 0.962 bits per heavy atom. The molecule has 0 saturated carbocycles. The third kappa shape index (κ3) is 8.40. The predicted molar refractivity (Wildman–Crippen MR) is 201 cm³/mol. The summed E-state index contributed by atoms with van der Waals surface area (Å²) >= 11 is 0. The van der Waals surface area contributed by atoms with Crippen LogP contribution in [0.15, 0.2) is 77.6 Å². The lowest BCUT2D eigenvalue weighted by Gasteiger charge is -2.34. The Kier molecular flexibility index (Phi) is 11.5. The summed E-state index contributed by atoms with van der Waals surface area (Å²) in [4.78, 5) is 47.3. The zero-order valence-electron chi connectivity index (χ0n) is 30.6. The number of nitrogens with one attached hydrogen (secondary N) is 1. The third-order valence-electron chi connectivity index (χ3n) is 9.53. The van der Waals surface area contributed by atoms with Gasteiger partial charge < -0.3 is 29.4 Å². The Bertz CT molecular complexity index is 2060. The van der Waals surface area contributed by atoms with Crippen molar-refractivity contribution in [2.45, 2.75) is 83.5 Å². The van der Waals surface area contributed by atoms with Crippen LogP contribution in [0.25, 0.3) is 27.8 Å². The van der Waals surface area contributed by atoms with Crippen molar-refractivity contribution in [3.63, 3.8) is 0 Å². The van der Waals surface area contributed by atoms with Crippen LogP contribution in [0.5, 0.6) is 0 Å². The first-order valence-electron chi connectivity index (χ1n) is 18.2. The van der Waals surface area contributed by atoms with Crippen molar-refractivity contribution >= 4 is 34.1 Å². The van der Waals surface area contributed by atoms with Gasteiger partial charge in [0.2, 0.25) is 5.91 Å². The molecule has 0 spiro atoms. The lowest BCUT2D eigenvalue weighted by atomic mass is 9.95. The fourth-order valence-electron chi connectivity index (χ4n) is 7.25. The van der Waals surface area contributed by atoms with Gasteiger partial charge in [-0.1, -0.05) is 36.4 Å². The number of aromatic nitrogens is 4. The van der Waals surface area contributed by atoms with E-state index in [9.17, 15) is 19.5 Å². The first-order valence-corrected chi connectivity index (χ1v) is 18.2. The number of amides is 2. The van der Waals surface area contributed by atoms with Crippen molar-refractivity contribution in [3.8, 4) is 5.69 Å². The number of carbonyl (C=O) groups excluding carboxylic acids is 2. The molecular weight excluding hydrogens is 660 g/mol. The Labute approximate surface area is 304 Å². The summed E-state index contributed by atoms with van der Waals surface area (Å²) in [6.45, 7) is 8.11. The van der Waals surface area contributed by atoms with Gasteiger partial charge >= 0.3 is 11.8 Å². The van der Waals surface area contributed by atoms with Gasteiger partial charge in [0, 0.05) is 51.7 Å². The molecule has 276 valence electrons. The quantitative estimate of drug-likeness (QED) is 0.156. The van der Waals surface area contributed by atoms with Crippen LogP contribution in [0.2, 0.25) is 0 Å². The highest BCUT2D eigenvalue weighted by Gasteiger charge is 2.31. The predicted octanol–water partition coefficient (Wildman–Crippen LogP) is 5.40. The normalized spacial score (nSPS) is 15.6. The Morgan fingerprint density at radius 3 is 2.38 bits per heavy atom. The highest BCUT2D eigenvalue weighted by atomic mass is 16.6. The molecule has 0 bridgehead atoms. The molecule has 2 aromatic heterocycles. The molecule has 2 N–H and O–H groups in total. The highest BCUT2D eigenvalue weighted by molar-refractivity contribution is 5.79. The zero-order valence-corrected chi connectivity index (χ0v) is 30.6. The van der Waals surface area contributed by atoms with Crippen LogP contribution in [-0.2, 0) is 33.8 Å². The summed E-state index contributed by atoms with van der Waals surface area (Å²) < 4.78 is 16.4. The number of aryl methyl sites for hydroxylation is 1. The van der Waals surface area contributed by atoms with Crippen molar-refractivity contribution in [2.75, 3.05) is 33.4 Å². The van der Waals surface area contributed by atoms with E-state index in [2.05, 4.69) is 16.0 Å². The lowest BCUT2D eigenvalue weighted by molar-refractivity contribution is -0.133. The van der Waals surface area contributed by atoms with Gasteiger partial charge in [-0.3, -0.25) is 13.9 Å². The molecule has 3 aromatic carbocycles. The molecule has 2 amide bonds. The molecule has 5 aromatic rings. The minimum Gasteiger partial charge on any atom is -0.444 e. The smallest absolute Gasteiger partial charge is 0.407 e. The molecule has 1 aliphatic heterocycles. The number of hydrogen-bond acceptors (Lipinski definition) is 7. The molecular formula is C40H50N6O6. The molecule has 12 nitrogen and oxygen atoms in total. The summed E-state index contributed by atoms with van der Waals surface area (Å²) in [6.07, 6.45) is 2.57. The highest BCUT2D eigenvalue weighted by Crippen LogP contribution is 2.30. The van der Waals surface area contributed by atoms with E-state index in [0.717, 1.165) is 59.3 Å². The number of alkyl carbamates (subject to hydrolysis) is 1. The molecule has 3 heterocycles. The maximum Gasteiger partial charge on any atom is 0.407 e. The van der Waals surface area contributed by atoms with E-state index in [0.29, 0.717) is 31.8 Å². The van der Waals surface area contributed by atoms with Crippen LogP contribution >= 0.6 is 0 Å². The first-order chi connectivity index (χ1) is 25.1. The van der Waals surface area contributed by atoms with Crippen LogP contribution in [-0.4, -0.2) is 85.7 Å². The average Bonchev–Trinajstić information content (AvgIpc) is 3.62. The van der Waals surface area contributed by atoms with Crippen molar-refractivity contribution in [2.24, 2.45) is 0 Å².